The maximum absolute atomic E-state index is 14.5. The van der Waals surface area contributed by atoms with Crippen LogP contribution >= 0.6 is 22.9 Å². The number of carboxylic acid groups (broad SMARTS) is 1. The zero-order valence-corrected chi connectivity index (χ0v) is 23.3. The second-order valence-corrected chi connectivity index (χ2v) is 11.1. The Bertz CT molecular complexity index is 1840. The Labute approximate surface area is 249 Å². The molecule has 43 heavy (non-hydrogen) atoms. The molecule has 0 radical (unpaired) electrons. The van der Waals surface area contributed by atoms with Gasteiger partial charge in [0.1, 0.15) is 23.0 Å². The summed E-state index contributed by atoms with van der Waals surface area (Å²) in [5.74, 6) is -3.53. The number of amides is 1. The number of carbonyl (C=O) groups excluding carboxylic acids is 1. The van der Waals surface area contributed by atoms with E-state index in [9.17, 15) is 32.3 Å². The van der Waals surface area contributed by atoms with Crippen LogP contribution in [0.3, 0.4) is 0 Å². The number of hydrogen-bond acceptors (Lipinski definition) is 7. The van der Waals surface area contributed by atoms with Gasteiger partial charge in [-0.25, -0.2) is 14.4 Å². The van der Waals surface area contributed by atoms with Crippen molar-refractivity contribution in [2.24, 2.45) is 5.92 Å². The highest BCUT2D eigenvalue weighted by molar-refractivity contribution is 7.14. The molecule has 0 aliphatic carbocycles. The molecule has 1 aliphatic rings. The molecule has 1 saturated heterocycles. The highest BCUT2D eigenvalue weighted by atomic mass is 35.5. The van der Waals surface area contributed by atoms with Crippen molar-refractivity contribution < 1.29 is 36.7 Å². The molecule has 14 heteroatoms. The first-order chi connectivity index (χ1) is 20.5. The first-order valence-electron chi connectivity index (χ1n) is 12.7. The number of anilines is 2. The van der Waals surface area contributed by atoms with Crippen molar-refractivity contribution in [2.45, 2.75) is 12.1 Å². The number of aromatic nitrogens is 2. The minimum atomic E-state index is -4.87. The van der Waals surface area contributed by atoms with Crippen LogP contribution in [0.1, 0.15) is 27.6 Å². The van der Waals surface area contributed by atoms with Crippen molar-refractivity contribution in [1.82, 2.24) is 9.97 Å². The second-order valence-electron chi connectivity index (χ2n) is 9.83. The van der Waals surface area contributed by atoms with Crippen LogP contribution in [0.5, 0.6) is 0 Å². The molecule has 3 aromatic heterocycles. The molecule has 1 aliphatic heterocycles. The van der Waals surface area contributed by atoms with Gasteiger partial charge in [0.25, 0.3) is 5.91 Å². The van der Waals surface area contributed by atoms with E-state index in [-0.39, 0.29) is 40.1 Å². The minimum absolute atomic E-state index is 0.0227. The Morgan fingerprint density at radius 3 is 2.63 bits per heavy atom. The van der Waals surface area contributed by atoms with E-state index in [0.717, 1.165) is 22.8 Å². The summed E-state index contributed by atoms with van der Waals surface area (Å²) in [7, 11) is 0. The molecule has 1 fully saturated rings. The highest BCUT2D eigenvalue weighted by Gasteiger charge is 2.41. The number of halogens is 5. The van der Waals surface area contributed by atoms with Gasteiger partial charge in [-0.1, -0.05) is 35.9 Å². The maximum Gasteiger partial charge on any atom is 0.419 e. The molecule has 4 heterocycles. The van der Waals surface area contributed by atoms with Crippen LogP contribution < -0.4 is 10.2 Å². The normalized spacial score (nSPS) is 17.0. The first kappa shape index (κ1) is 28.6. The van der Waals surface area contributed by atoms with Crippen LogP contribution in [-0.2, 0) is 11.0 Å². The van der Waals surface area contributed by atoms with Crippen LogP contribution in [0.25, 0.3) is 22.2 Å². The Balaban J connectivity index is 1.18. The summed E-state index contributed by atoms with van der Waals surface area (Å²) in [4.78, 5) is 35.1. The largest absolute Gasteiger partial charge is 0.481 e. The Morgan fingerprint density at radius 1 is 1.12 bits per heavy atom. The fourth-order valence-electron chi connectivity index (χ4n) is 5.06. The molecular weight excluding hydrogens is 612 g/mol. The number of carbonyl (C=O) groups is 2. The quantitative estimate of drug-likeness (QED) is 0.189. The fourth-order valence-corrected chi connectivity index (χ4v) is 6.05. The minimum Gasteiger partial charge on any atom is -0.481 e. The smallest absolute Gasteiger partial charge is 0.419 e. The lowest BCUT2D eigenvalue weighted by atomic mass is 9.94. The zero-order valence-electron chi connectivity index (χ0n) is 21.7. The predicted molar refractivity (Wildman–Crippen MR) is 152 cm³/mol. The Hall–Kier alpha value is -4.49. The monoisotopic (exact) mass is 630 g/mol. The summed E-state index contributed by atoms with van der Waals surface area (Å²) in [5, 5.41) is 14.7. The molecule has 0 unspecified atom stereocenters. The fraction of sp³-hybridized carbons (Fsp3) is 0.172. The lowest BCUT2D eigenvalue weighted by Gasteiger charge is -2.18. The number of pyridine rings is 1. The average Bonchev–Trinajstić information content (AvgIpc) is 3.70. The number of thiazole rings is 1. The summed E-state index contributed by atoms with van der Waals surface area (Å²) >= 11 is 7.40. The zero-order chi connectivity index (χ0) is 30.5. The van der Waals surface area contributed by atoms with Crippen LogP contribution in [-0.4, -0.2) is 40.0 Å². The van der Waals surface area contributed by atoms with Crippen molar-refractivity contribution >= 4 is 56.7 Å². The number of benzene rings is 2. The van der Waals surface area contributed by atoms with E-state index in [4.69, 9.17) is 16.0 Å². The van der Waals surface area contributed by atoms with Crippen LogP contribution in [0.4, 0.5) is 28.5 Å². The van der Waals surface area contributed by atoms with Crippen molar-refractivity contribution in [3.05, 3.63) is 93.9 Å². The van der Waals surface area contributed by atoms with Crippen molar-refractivity contribution in [1.29, 1.82) is 0 Å². The topological polar surface area (TPSA) is 109 Å². The van der Waals surface area contributed by atoms with Gasteiger partial charge in [-0.3, -0.25) is 14.9 Å². The number of nitrogens with one attached hydrogen (secondary N) is 1. The van der Waals surface area contributed by atoms with Crippen LogP contribution in [0, 0.1) is 11.7 Å². The number of para-hydroxylation sites is 1. The molecule has 6 rings (SSSR count). The number of furan rings is 1. The number of hydrogen-bond donors (Lipinski definition) is 2. The summed E-state index contributed by atoms with van der Waals surface area (Å²) < 4.78 is 59.8. The van der Waals surface area contributed by atoms with Gasteiger partial charge >= 0.3 is 12.1 Å². The van der Waals surface area contributed by atoms with E-state index in [1.54, 1.807) is 11.0 Å². The number of rotatable bonds is 6. The molecular formula is C29H19ClF4N4O4S. The van der Waals surface area contributed by atoms with E-state index >= 15 is 0 Å². The summed E-state index contributed by atoms with van der Waals surface area (Å²) in [6.07, 6.45) is -3.61. The van der Waals surface area contributed by atoms with E-state index in [1.165, 1.54) is 23.7 Å². The third-order valence-electron chi connectivity index (χ3n) is 7.14. The standard InChI is InChI=1S/C29H19ClF4N4O4S/c30-20-8-15(26(39)37-28-36-21(13-43-28)16-5-3-6-19(24(16)31)29(32,33)34)10-35-25(20)38-11-17(18(12-38)27(40)41)23-9-14-4-1-2-7-22(14)42-23/h1-10,13,17-18H,11-12H2,(H,40,41)(H,36,37,39)/t17-,18-/m0/s1. The summed E-state index contributed by atoms with van der Waals surface area (Å²) in [6.45, 7) is 0.381. The summed E-state index contributed by atoms with van der Waals surface area (Å²) in [6, 6.07) is 13.4. The number of nitrogens with zero attached hydrogens (tertiary/aromatic N) is 3. The Kier molecular flexibility index (Phi) is 7.30. The molecule has 2 aromatic carbocycles. The van der Waals surface area contributed by atoms with Crippen molar-refractivity contribution in [3.8, 4) is 11.3 Å². The maximum atomic E-state index is 14.5. The third-order valence-corrected chi connectivity index (χ3v) is 8.17. The van der Waals surface area contributed by atoms with Gasteiger partial charge in [0.05, 0.1) is 27.8 Å². The van der Waals surface area contributed by atoms with Gasteiger partial charge in [-0.15, -0.1) is 11.3 Å². The van der Waals surface area contributed by atoms with Gasteiger partial charge < -0.3 is 14.4 Å². The summed E-state index contributed by atoms with van der Waals surface area (Å²) in [5.41, 5.74) is -1.14. The van der Waals surface area contributed by atoms with Gasteiger partial charge in [-0.2, -0.15) is 13.2 Å². The molecule has 8 nitrogen and oxygen atoms in total. The molecule has 220 valence electrons. The predicted octanol–water partition coefficient (Wildman–Crippen LogP) is 7.32. The lowest BCUT2D eigenvalue weighted by Crippen LogP contribution is -2.24. The lowest BCUT2D eigenvalue weighted by molar-refractivity contribution is -0.142. The second kappa shape index (κ2) is 11.0. The van der Waals surface area contributed by atoms with Gasteiger partial charge in [0, 0.05) is 41.5 Å². The Morgan fingerprint density at radius 2 is 1.91 bits per heavy atom. The SMILES string of the molecule is O=C(Nc1nc(-c2cccc(C(F)(F)F)c2F)cs1)c1cnc(N2C[C@H](C(=O)O)[C@@H](c3cc4ccccc4o3)C2)c(Cl)c1. The molecule has 1 amide bonds. The van der Waals surface area contributed by atoms with E-state index in [0.29, 0.717) is 23.2 Å². The number of carboxylic acids is 1. The molecule has 0 saturated carbocycles. The van der Waals surface area contributed by atoms with Crippen molar-refractivity contribution in [2.75, 3.05) is 23.3 Å². The molecule has 2 atom stereocenters. The van der Waals surface area contributed by atoms with Crippen molar-refractivity contribution in [3.63, 3.8) is 0 Å². The molecule has 5 aromatic rings. The molecule has 0 bridgehead atoms. The number of fused-ring (bicyclic) bond motifs is 1. The van der Waals surface area contributed by atoms with E-state index < -0.39 is 41.3 Å². The van der Waals surface area contributed by atoms with Crippen LogP contribution in [0.15, 0.2) is 70.6 Å². The van der Waals surface area contributed by atoms with E-state index in [2.05, 4.69) is 15.3 Å². The third kappa shape index (κ3) is 5.53. The highest BCUT2D eigenvalue weighted by Crippen LogP contribution is 2.40. The van der Waals surface area contributed by atoms with E-state index in [1.807, 2.05) is 24.3 Å². The number of alkyl halides is 3. The van der Waals surface area contributed by atoms with Gasteiger partial charge in [-0.05, 0) is 30.3 Å². The van der Waals surface area contributed by atoms with Crippen LogP contribution in [0.2, 0.25) is 5.02 Å². The van der Waals surface area contributed by atoms with Gasteiger partial charge in [0.15, 0.2) is 5.13 Å². The molecule has 0 spiro atoms. The molecule has 2 N–H and O–H groups in total. The number of aliphatic carboxylic acids is 1. The average molecular weight is 631 g/mol. The van der Waals surface area contributed by atoms with Gasteiger partial charge in [0.2, 0.25) is 0 Å². The first-order valence-corrected chi connectivity index (χ1v) is 14.0.